The monoisotopic (exact) mass is 441 g/mol. The summed E-state index contributed by atoms with van der Waals surface area (Å²) in [6.07, 6.45) is 1.81. The summed E-state index contributed by atoms with van der Waals surface area (Å²) in [6.45, 7) is 0.323. The first-order chi connectivity index (χ1) is 14.2. The lowest BCUT2D eigenvalue weighted by Gasteiger charge is -2.20. The summed E-state index contributed by atoms with van der Waals surface area (Å²) in [5.41, 5.74) is 10.6. The fourth-order valence-electron chi connectivity index (χ4n) is 2.80. The molecule has 10 nitrogen and oxygen atoms in total. The quantitative estimate of drug-likeness (QED) is 0.200. The molecule has 0 aliphatic rings. The van der Waals surface area contributed by atoms with Crippen LogP contribution in [0.5, 0.6) is 0 Å². The number of amides is 3. The van der Waals surface area contributed by atoms with Crippen LogP contribution in [0, 0.1) is 0 Å². The first-order valence-electron chi connectivity index (χ1n) is 9.84. The number of sulfone groups is 1. The summed E-state index contributed by atoms with van der Waals surface area (Å²) in [5.74, 6) is 0. The highest BCUT2D eigenvalue weighted by Crippen LogP contribution is 2.21. The molecule has 1 rings (SSSR count). The second-order valence-electron chi connectivity index (χ2n) is 6.93. The molecule has 1 unspecified atom stereocenters. The van der Waals surface area contributed by atoms with Crippen LogP contribution in [0.1, 0.15) is 32.1 Å². The Balaban J connectivity index is 2.52. The maximum Gasteiger partial charge on any atom is 0.394 e. The van der Waals surface area contributed by atoms with Crippen LogP contribution >= 0.6 is 0 Å². The number of unbranched alkanes of at least 4 members (excludes halogenated alkanes) is 3. The van der Waals surface area contributed by atoms with Gasteiger partial charge in [0.1, 0.15) is 18.1 Å². The van der Waals surface area contributed by atoms with E-state index < -0.39 is 27.5 Å². The maximum atomic E-state index is 12.9. The fourth-order valence-corrected chi connectivity index (χ4v) is 4.45. The molecule has 0 aliphatic carbocycles. The summed E-state index contributed by atoms with van der Waals surface area (Å²) in [7, 11) is -0.556. The lowest BCUT2D eigenvalue weighted by Crippen LogP contribution is -2.52. The van der Waals surface area contributed by atoms with E-state index in [0.717, 1.165) is 19.3 Å². The molecule has 0 saturated heterocycles. The smallest absolute Gasteiger partial charge is 0.394 e. The van der Waals surface area contributed by atoms with E-state index >= 15 is 0 Å². The number of hydrogen-bond donors (Lipinski definition) is 4. The lowest BCUT2D eigenvalue weighted by atomic mass is 10.1. The number of benzene rings is 1. The summed E-state index contributed by atoms with van der Waals surface area (Å²) in [4.78, 5) is 24.8. The average Bonchev–Trinajstić information content (AvgIpc) is 2.71. The number of urea groups is 1. The number of carbonyl (C=O) groups excluding carboxylic acids is 2. The Morgan fingerprint density at radius 3 is 2.37 bits per heavy atom. The van der Waals surface area contributed by atoms with Crippen LogP contribution in [-0.2, 0) is 14.6 Å². The van der Waals surface area contributed by atoms with Crippen LogP contribution in [-0.4, -0.2) is 65.2 Å². The van der Waals surface area contributed by atoms with Crippen molar-refractivity contribution < 1.29 is 22.7 Å². The highest BCUT2D eigenvalue weighted by atomic mass is 32.2. The van der Waals surface area contributed by atoms with Gasteiger partial charge in [0, 0.05) is 13.6 Å². The third kappa shape index (κ3) is 9.01. The molecule has 0 aliphatic heterocycles. The summed E-state index contributed by atoms with van der Waals surface area (Å²) >= 11 is 0. The Hall–Kier alpha value is -2.31. The average molecular weight is 441 g/mol. The van der Waals surface area contributed by atoms with E-state index in [-0.39, 0.29) is 17.5 Å². The highest BCUT2D eigenvalue weighted by Gasteiger charge is 2.28. The Labute approximate surface area is 179 Å². The minimum Gasteiger partial charge on any atom is -0.449 e. The Morgan fingerprint density at radius 1 is 1.13 bits per heavy atom. The summed E-state index contributed by atoms with van der Waals surface area (Å²) < 4.78 is 30.9. The van der Waals surface area contributed by atoms with Gasteiger partial charge >= 0.3 is 12.1 Å². The van der Waals surface area contributed by atoms with E-state index in [0.29, 0.717) is 19.4 Å². The molecule has 1 aromatic carbocycles. The number of carbonyl (C=O) groups is 2. The maximum absolute atomic E-state index is 12.9. The van der Waals surface area contributed by atoms with Crippen molar-refractivity contribution in [1.82, 2.24) is 15.4 Å². The third-order valence-corrected chi connectivity index (χ3v) is 6.70. The minimum atomic E-state index is -3.62. The number of nitrogens with one attached hydrogen (secondary N) is 2. The molecule has 1 aromatic rings. The predicted octanol–water partition coefficient (Wildman–Crippen LogP) is -0.104. The van der Waals surface area contributed by atoms with Gasteiger partial charge in [-0.2, -0.15) is 0 Å². The molecule has 0 spiro atoms. The van der Waals surface area contributed by atoms with Crippen molar-refractivity contribution in [3.63, 3.8) is 0 Å². The Bertz CT molecular complexity index is 763. The normalized spacial score (nSPS) is 12.3. The van der Waals surface area contributed by atoms with Crippen molar-refractivity contribution in [2.24, 2.45) is 11.5 Å². The fraction of sp³-hybridized carbons (Fsp3) is 0.556. The van der Waals surface area contributed by atoms with Gasteiger partial charge < -0.3 is 20.2 Å². The van der Waals surface area contributed by atoms with Gasteiger partial charge in [-0.1, -0.05) is 37.5 Å². The van der Waals surface area contributed by atoms with Crippen molar-refractivity contribution in [1.29, 1.82) is 0 Å². The van der Waals surface area contributed by atoms with Gasteiger partial charge in [-0.3, -0.25) is 11.5 Å². The Morgan fingerprint density at radius 2 is 1.77 bits per heavy atom. The zero-order valence-electron chi connectivity index (χ0n) is 17.5. The standard InChI is InChI=1S/C18H32BN5O5S/c1-24(17(25)22-16(20)21)12-8-3-2-5-11-15(13-29-18(26)23-19)30(27,28)14-9-6-4-7-10-14/h4,6-7,9-10,15-16H,2-3,5,8,11-13,19-21H2,1H3,(H,22,25)(H,23,26). The van der Waals surface area contributed by atoms with Crippen molar-refractivity contribution in [3.05, 3.63) is 30.3 Å². The molecule has 168 valence electrons. The Kier molecular flexibility index (Phi) is 11.2. The van der Waals surface area contributed by atoms with Gasteiger partial charge in [-0.15, -0.1) is 0 Å². The first kappa shape index (κ1) is 25.7. The van der Waals surface area contributed by atoms with E-state index in [4.69, 9.17) is 16.2 Å². The molecule has 0 bridgehead atoms. The van der Waals surface area contributed by atoms with Crippen molar-refractivity contribution in [3.8, 4) is 0 Å². The van der Waals surface area contributed by atoms with Crippen LogP contribution in [0.3, 0.4) is 0 Å². The van der Waals surface area contributed by atoms with Crippen LogP contribution in [0.25, 0.3) is 0 Å². The topological polar surface area (TPSA) is 157 Å². The molecule has 30 heavy (non-hydrogen) atoms. The molecule has 0 heterocycles. The van der Waals surface area contributed by atoms with E-state index in [1.54, 1.807) is 25.2 Å². The highest BCUT2D eigenvalue weighted by molar-refractivity contribution is 7.92. The first-order valence-corrected chi connectivity index (χ1v) is 11.4. The molecular weight excluding hydrogens is 409 g/mol. The second-order valence-corrected chi connectivity index (χ2v) is 9.16. The van der Waals surface area contributed by atoms with E-state index in [1.807, 2.05) is 0 Å². The number of hydrogen-bond acceptors (Lipinski definition) is 7. The third-order valence-electron chi connectivity index (χ3n) is 4.52. The SMILES string of the molecule is BNC(=O)OCC(CCCCCCN(C)C(=O)NC(N)N)S(=O)(=O)c1ccccc1. The molecule has 0 radical (unpaired) electrons. The number of ether oxygens (including phenoxy) is 1. The van der Waals surface area contributed by atoms with Gasteiger partial charge in [0.25, 0.3) is 0 Å². The number of rotatable bonds is 12. The van der Waals surface area contributed by atoms with Crippen LogP contribution in [0.2, 0.25) is 0 Å². The molecule has 0 saturated carbocycles. The zero-order valence-corrected chi connectivity index (χ0v) is 18.4. The van der Waals surface area contributed by atoms with Gasteiger partial charge in [-0.25, -0.2) is 18.0 Å². The second kappa shape index (κ2) is 13.1. The van der Waals surface area contributed by atoms with Gasteiger partial charge in [0.15, 0.2) is 9.84 Å². The molecule has 3 amide bonds. The molecule has 0 aromatic heterocycles. The number of nitrogens with zero attached hydrogens (tertiary/aromatic N) is 1. The minimum absolute atomic E-state index is 0.209. The van der Waals surface area contributed by atoms with Crippen LogP contribution in [0.15, 0.2) is 35.2 Å². The molecular formula is C18H32BN5O5S. The molecule has 1 atom stereocenters. The predicted molar refractivity (Wildman–Crippen MR) is 117 cm³/mol. The lowest BCUT2D eigenvalue weighted by molar-refractivity contribution is 0.151. The van der Waals surface area contributed by atoms with Crippen molar-refractivity contribution in [2.45, 2.75) is 48.5 Å². The van der Waals surface area contributed by atoms with Crippen molar-refractivity contribution in [2.75, 3.05) is 20.2 Å². The van der Waals surface area contributed by atoms with Crippen molar-refractivity contribution >= 4 is 29.9 Å². The zero-order chi connectivity index (χ0) is 22.6. The largest absolute Gasteiger partial charge is 0.449 e. The summed E-state index contributed by atoms with van der Waals surface area (Å²) in [6, 6.07) is 7.80. The molecule has 12 heteroatoms. The van der Waals surface area contributed by atoms with Gasteiger partial charge in [-0.05, 0) is 25.0 Å². The van der Waals surface area contributed by atoms with Gasteiger partial charge in [0.05, 0.1) is 4.90 Å². The van der Waals surface area contributed by atoms with E-state index in [9.17, 15) is 18.0 Å². The summed E-state index contributed by atoms with van der Waals surface area (Å²) in [5, 5.41) is 3.89. The molecule has 0 fully saturated rings. The molecule has 6 N–H and O–H groups in total. The van der Waals surface area contributed by atoms with Crippen LogP contribution in [0.4, 0.5) is 9.59 Å². The van der Waals surface area contributed by atoms with Gasteiger partial charge in [0.2, 0.25) is 7.98 Å². The van der Waals surface area contributed by atoms with E-state index in [2.05, 4.69) is 10.5 Å². The van der Waals surface area contributed by atoms with Crippen LogP contribution < -0.4 is 22.0 Å². The number of nitrogens with two attached hydrogens (primary N) is 2. The van der Waals surface area contributed by atoms with E-state index in [1.165, 1.54) is 25.0 Å².